The lowest BCUT2D eigenvalue weighted by atomic mass is 10.0. The highest BCUT2D eigenvalue weighted by Crippen LogP contribution is 2.38. The molecule has 2 atom stereocenters. The molecule has 0 amide bonds. The smallest absolute Gasteiger partial charge is 0.192 e. The highest BCUT2D eigenvalue weighted by molar-refractivity contribution is 6.74. The van der Waals surface area contributed by atoms with E-state index >= 15 is 0 Å². The van der Waals surface area contributed by atoms with Gasteiger partial charge >= 0.3 is 0 Å². The fraction of sp³-hybridized carbons (Fsp3) is 0.917. The van der Waals surface area contributed by atoms with Crippen molar-refractivity contribution in [3.05, 3.63) is 0 Å². The minimum absolute atomic E-state index is 0.177. The maximum absolute atomic E-state index is 10.4. The molecule has 0 rings (SSSR count). The Bertz CT molecular complexity index is 206. The van der Waals surface area contributed by atoms with E-state index in [0.717, 1.165) is 6.29 Å². The van der Waals surface area contributed by atoms with Crippen molar-refractivity contribution < 1.29 is 9.22 Å². The predicted octanol–water partition coefficient (Wildman–Crippen LogP) is 3.62. The zero-order valence-electron chi connectivity index (χ0n) is 11.3. The van der Waals surface area contributed by atoms with Crippen LogP contribution in [0.15, 0.2) is 0 Å². The van der Waals surface area contributed by atoms with Crippen molar-refractivity contribution in [2.24, 2.45) is 5.92 Å². The molecule has 0 fully saturated rings. The Morgan fingerprint density at radius 3 is 2.07 bits per heavy atom. The molecule has 0 aromatic carbocycles. The summed E-state index contributed by atoms with van der Waals surface area (Å²) in [6.07, 6.45) is 1.75. The summed E-state index contributed by atoms with van der Waals surface area (Å²) >= 11 is 0. The molecule has 0 aliphatic carbocycles. The third kappa shape index (κ3) is 4.47. The Morgan fingerprint density at radius 2 is 1.73 bits per heavy atom. The summed E-state index contributed by atoms with van der Waals surface area (Å²) in [5.41, 5.74) is 0. The second kappa shape index (κ2) is 5.26. The van der Waals surface area contributed by atoms with Gasteiger partial charge in [0.05, 0.1) is 0 Å². The summed E-state index contributed by atoms with van der Waals surface area (Å²) in [5.74, 6) is 0.316. The van der Waals surface area contributed by atoms with Gasteiger partial charge in [0.1, 0.15) is 6.29 Å². The van der Waals surface area contributed by atoms with E-state index in [1.54, 1.807) is 0 Å². The van der Waals surface area contributed by atoms with Crippen LogP contribution >= 0.6 is 0 Å². The van der Waals surface area contributed by atoms with Crippen molar-refractivity contribution >= 4 is 14.6 Å². The van der Waals surface area contributed by atoms with E-state index in [0.29, 0.717) is 12.3 Å². The first-order chi connectivity index (χ1) is 6.62. The monoisotopic (exact) mass is 230 g/mol. The van der Waals surface area contributed by atoms with Gasteiger partial charge in [0.25, 0.3) is 0 Å². The van der Waals surface area contributed by atoms with Crippen LogP contribution in [0.1, 0.15) is 41.0 Å². The number of hydrogen-bond donors (Lipinski definition) is 0. The second-order valence-corrected chi connectivity index (χ2v) is 10.7. The van der Waals surface area contributed by atoms with Gasteiger partial charge in [-0.1, -0.05) is 27.7 Å². The van der Waals surface area contributed by atoms with E-state index in [4.69, 9.17) is 4.43 Å². The second-order valence-electron chi connectivity index (χ2n) is 5.96. The molecule has 0 aromatic rings. The zero-order chi connectivity index (χ0) is 12.3. The molecule has 0 aromatic heterocycles. The molecule has 2 nitrogen and oxygen atoms in total. The molecule has 0 saturated carbocycles. The summed E-state index contributed by atoms with van der Waals surface area (Å²) in [5, 5.41) is 0.238. The summed E-state index contributed by atoms with van der Waals surface area (Å²) in [6.45, 7) is 15.3. The van der Waals surface area contributed by atoms with Crippen LogP contribution in [0.2, 0.25) is 18.1 Å². The molecule has 0 heterocycles. The maximum atomic E-state index is 10.4. The highest BCUT2D eigenvalue weighted by Gasteiger charge is 2.39. The van der Waals surface area contributed by atoms with Crippen LogP contribution < -0.4 is 0 Å². The SMILES string of the molecule is C[C@H](CC=O)[C@@H](C)O[Si](C)(C)C(C)(C)C. The van der Waals surface area contributed by atoms with Crippen molar-refractivity contribution in [1.82, 2.24) is 0 Å². The Kier molecular flexibility index (Phi) is 5.20. The molecule has 15 heavy (non-hydrogen) atoms. The van der Waals surface area contributed by atoms with E-state index in [2.05, 4.69) is 47.7 Å². The number of rotatable bonds is 5. The summed E-state index contributed by atoms with van der Waals surface area (Å²) in [4.78, 5) is 10.4. The third-order valence-corrected chi connectivity index (χ3v) is 8.13. The molecular formula is C12H26O2Si. The lowest BCUT2D eigenvalue weighted by molar-refractivity contribution is -0.109. The molecule has 0 unspecified atom stereocenters. The topological polar surface area (TPSA) is 26.3 Å². The number of carbonyl (C=O) groups is 1. The van der Waals surface area contributed by atoms with Gasteiger partial charge in [-0.05, 0) is 31.0 Å². The Hall–Kier alpha value is -0.153. The van der Waals surface area contributed by atoms with Crippen LogP contribution in [0.4, 0.5) is 0 Å². The van der Waals surface area contributed by atoms with Crippen LogP contribution in [-0.4, -0.2) is 20.7 Å². The Labute approximate surface area is 95.5 Å². The quantitative estimate of drug-likeness (QED) is 0.532. The van der Waals surface area contributed by atoms with Crippen LogP contribution in [0, 0.1) is 5.92 Å². The minimum atomic E-state index is -1.68. The summed E-state index contributed by atoms with van der Waals surface area (Å²) < 4.78 is 6.20. The lowest BCUT2D eigenvalue weighted by Gasteiger charge is -2.39. The number of aldehydes is 1. The van der Waals surface area contributed by atoms with Gasteiger partial charge in [-0.25, -0.2) is 0 Å². The first-order valence-electron chi connectivity index (χ1n) is 5.73. The van der Waals surface area contributed by atoms with Crippen LogP contribution in [0.5, 0.6) is 0 Å². The average molecular weight is 230 g/mol. The fourth-order valence-corrected chi connectivity index (χ4v) is 2.62. The van der Waals surface area contributed by atoms with Crippen molar-refractivity contribution in [1.29, 1.82) is 0 Å². The van der Waals surface area contributed by atoms with Gasteiger partial charge in [0.15, 0.2) is 8.32 Å². The Balaban J connectivity index is 4.39. The summed E-state index contributed by atoms with van der Waals surface area (Å²) in [6, 6.07) is 0. The van der Waals surface area contributed by atoms with Gasteiger partial charge in [0, 0.05) is 12.5 Å². The summed E-state index contributed by atoms with van der Waals surface area (Å²) in [7, 11) is -1.68. The highest BCUT2D eigenvalue weighted by atomic mass is 28.4. The largest absolute Gasteiger partial charge is 0.414 e. The van der Waals surface area contributed by atoms with Crippen LogP contribution in [0.25, 0.3) is 0 Å². The normalized spacial score (nSPS) is 17.3. The van der Waals surface area contributed by atoms with Gasteiger partial charge in [-0.3, -0.25) is 0 Å². The Morgan fingerprint density at radius 1 is 1.27 bits per heavy atom. The van der Waals surface area contributed by atoms with Crippen molar-refractivity contribution in [2.75, 3.05) is 0 Å². The molecule has 0 saturated heterocycles. The zero-order valence-corrected chi connectivity index (χ0v) is 12.3. The molecule has 90 valence electrons. The third-order valence-electron chi connectivity index (χ3n) is 3.56. The van der Waals surface area contributed by atoms with E-state index < -0.39 is 8.32 Å². The maximum Gasteiger partial charge on any atom is 0.192 e. The van der Waals surface area contributed by atoms with Crippen LogP contribution in [0.3, 0.4) is 0 Å². The lowest BCUT2D eigenvalue weighted by Crippen LogP contribution is -2.44. The van der Waals surface area contributed by atoms with E-state index in [1.807, 2.05) is 0 Å². The van der Waals surface area contributed by atoms with Crippen LogP contribution in [-0.2, 0) is 9.22 Å². The molecule has 0 spiro atoms. The molecular weight excluding hydrogens is 204 g/mol. The molecule has 0 N–H and O–H groups in total. The first kappa shape index (κ1) is 14.8. The molecule has 0 bridgehead atoms. The molecule has 0 aliphatic heterocycles. The van der Waals surface area contributed by atoms with Crippen molar-refractivity contribution in [3.63, 3.8) is 0 Å². The number of hydrogen-bond acceptors (Lipinski definition) is 2. The predicted molar refractivity (Wildman–Crippen MR) is 67.6 cm³/mol. The van der Waals surface area contributed by atoms with E-state index in [1.165, 1.54) is 0 Å². The van der Waals surface area contributed by atoms with Gasteiger partial charge in [0.2, 0.25) is 0 Å². The van der Waals surface area contributed by atoms with Crippen molar-refractivity contribution in [3.8, 4) is 0 Å². The van der Waals surface area contributed by atoms with Gasteiger partial charge < -0.3 is 9.22 Å². The molecule has 0 aliphatic rings. The molecule has 3 heteroatoms. The standard InChI is InChI=1S/C12H26O2Si/c1-10(8-9-13)11(2)14-15(6,7)12(3,4)5/h9-11H,8H2,1-7H3/t10-,11-/m1/s1. The number of carbonyl (C=O) groups excluding carboxylic acids is 1. The van der Waals surface area contributed by atoms with Crippen molar-refractivity contribution in [2.45, 2.75) is 65.3 Å². The first-order valence-corrected chi connectivity index (χ1v) is 8.64. The van der Waals surface area contributed by atoms with E-state index in [9.17, 15) is 4.79 Å². The van der Waals surface area contributed by atoms with Gasteiger partial charge in [-0.2, -0.15) is 0 Å². The molecule has 0 radical (unpaired) electrons. The minimum Gasteiger partial charge on any atom is -0.414 e. The average Bonchev–Trinajstić information content (AvgIpc) is 2.01. The fourth-order valence-electron chi connectivity index (χ4n) is 1.10. The van der Waals surface area contributed by atoms with Gasteiger partial charge in [-0.15, -0.1) is 0 Å². The van der Waals surface area contributed by atoms with E-state index in [-0.39, 0.29) is 11.1 Å².